The summed E-state index contributed by atoms with van der Waals surface area (Å²) in [4.78, 5) is 0. The van der Waals surface area contributed by atoms with Crippen molar-refractivity contribution in [2.75, 3.05) is 13.4 Å². The number of methoxy groups -OCH3 is 1. The number of hydrogen-bond acceptors (Lipinski definition) is 8. The van der Waals surface area contributed by atoms with E-state index < -0.39 is 27.1 Å². The van der Waals surface area contributed by atoms with Crippen LogP contribution in [0.1, 0.15) is 54.5 Å². The third-order valence-corrected chi connectivity index (χ3v) is 6.47. The van der Waals surface area contributed by atoms with Crippen molar-refractivity contribution in [2.45, 2.75) is 45.1 Å². The summed E-state index contributed by atoms with van der Waals surface area (Å²) in [6.07, 6.45) is 3.43. The molecule has 220 valence electrons. The second kappa shape index (κ2) is 13.3. The Morgan fingerprint density at radius 3 is 2.49 bits per heavy atom. The first-order chi connectivity index (χ1) is 19.4. The largest absolute Gasteiger partial charge is 0.497 e. The van der Waals surface area contributed by atoms with Gasteiger partial charge in [-0.15, -0.1) is 5.10 Å². The van der Waals surface area contributed by atoms with E-state index in [1.807, 2.05) is 31.2 Å². The van der Waals surface area contributed by atoms with Crippen molar-refractivity contribution < 1.29 is 27.4 Å². The summed E-state index contributed by atoms with van der Waals surface area (Å²) in [6.45, 7) is 2.94. The molecule has 2 atom stereocenters. The molecule has 1 saturated carbocycles. The molecular formula is C27H30Cl2FN5O5S. The van der Waals surface area contributed by atoms with Gasteiger partial charge in [0.25, 0.3) is 0 Å². The van der Waals surface area contributed by atoms with Gasteiger partial charge in [0.05, 0.1) is 43.7 Å². The van der Waals surface area contributed by atoms with Crippen LogP contribution in [0.25, 0.3) is 5.69 Å². The van der Waals surface area contributed by atoms with E-state index in [9.17, 15) is 17.9 Å². The predicted molar refractivity (Wildman–Crippen MR) is 152 cm³/mol. The smallest absolute Gasteiger partial charge is 0.229 e. The van der Waals surface area contributed by atoms with Crippen molar-refractivity contribution in [1.29, 1.82) is 0 Å². The van der Waals surface area contributed by atoms with E-state index in [-0.39, 0.29) is 5.15 Å². The highest BCUT2D eigenvalue weighted by Crippen LogP contribution is 2.33. The Kier molecular flexibility index (Phi) is 10.0. The van der Waals surface area contributed by atoms with Crippen molar-refractivity contribution in [3.8, 4) is 11.4 Å². The van der Waals surface area contributed by atoms with E-state index >= 15 is 0 Å². The molecule has 0 amide bonds. The van der Waals surface area contributed by atoms with Gasteiger partial charge in [-0.1, -0.05) is 28.9 Å². The topological polar surface area (TPSA) is 121 Å². The number of nitrogens with zero attached hydrogens (tertiary/aromatic N) is 5. The van der Waals surface area contributed by atoms with Crippen molar-refractivity contribution >= 4 is 31.3 Å². The van der Waals surface area contributed by atoms with E-state index in [1.165, 1.54) is 29.7 Å². The van der Waals surface area contributed by atoms with E-state index in [1.54, 1.807) is 30.1 Å². The average Bonchev–Trinajstić information content (AvgIpc) is 3.46. The third-order valence-electron chi connectivity index (χ3n) is 6.28. The van der Waals surface area contributed by atoms with Gasteiger partial charge < -0.3 is 14.6 Å². The first-order valence-electron chi connectivity index (χ1n) is 12.7. The summed E-state index contributed by atoms with van der Waals surface area (Å²) in [7, 11) is 2.92. The second-order valence-corrected chi connectivity index (χ2v) is 13.1. The van der Waals surface area contributed by atoms with E-state index in [0.29, 0.717) is 35.2 Å². The lowest BCUT2D eigenvalue weighted by atomic mass is 10.1. The highest BCUT2D eigenvalue weighted by atomic mass is 35.7. The molecule has 1 aliphatic carbocycles. The molecular weight excluding hydrogens is 596 g/mol. The van der Waals surface area contributed by atoms with Crippen molar-refractivity contribution in [3.05, 3.63) is 88.2 Å². The van der Waals surface area contributed by atoms with Gasteiger partial charge >= 0.3 is 0 Å². The molecule has 0 aliphatic heterocycles. The molecule has 0 saturated heterocycles. The van der Waals surface area contributed by atoms with Crippen LogP contribution in [-0.2, 0) is 26.9 Å². The molecule has 1 fully saturated rings. The normalized spacial score (nSPS) is 14.7. The van der Waals surface area contributed by atoms with Gasteiger partial charge in [-0.3, -0.25) is 4.68 Å². The van der Waals surface area contributed by atoms with Crippen molar-refractivity contribution in [2.24, 2.45) is 5.92 Å². The maximum absolute atomic E-state index is 14.3. The van der Waals surface area contributed by atoms with Gasteiger partial charge in [0.15, 0.2) is 5.15 Å². The van der Waals surface area contributed by atoms with Crippen molar-refractivity contribution in [3.63, 3.8) is 0 Å². The van der Waals surface area contributed by atoms with Crippen LogP contribution in [0, 0.1) is 11.7 Å². The molecule has 10 nitrogen and oxygen atoms in total. The van der Waals surface area contributed by atoms with Gasteiger partial charge in [0.1, 0.15) is 23.4 Å². The number of aliphatic hydroxyl groups excluding tert-OH is 1. The monoisotopic (exact) mass is 625 g/mol. The molecule has 1 unspecified atom stereocenters. The van der Waals surface area contributed by atoms with Crippen molar-refractivity contribution in [1.82, 2.24) is 24.8 Å². The van der Waals surface area contributed by atoms with E-state index in [4.69, 9.17) is 21.1 Å². The SMILES string of the molecule is COc1ccc(CO[C@H](C)c2cc(F)ccc2-n2nc(Cl)cc2C(O)c2cn(CC3CC3)nn2)cc1.CS(=O)(=O)Cl. The zero-order chi connectivity index (χ0) is 29.7. The summed E-state index contributed by atoms with van der Waals surface area (Å²) in [6, 6.07) is 13.5. The standard InChI is InChI=1S/C26H27ClFN5O3.CH3ClO2S/c1-16(36-15-18-5-8-20(35-2)9-6-18)21-11-19(28)7-10-23(21)33-24(12-25(27)30-33)26(34)22-14-32(31-29-22)13-17-3-4-17;1-5(2,3)4/h5-12,14,16-17,26,34H,3-4,13,15H2,1-2H3;1H3/t16-,26?;/m1./s1. The minimum Gasteiger partial charge on any atom is -0.497 e. The minimum atomic E-state index is -3.19. The summed E-state index contributed by atoms with van der Waals surface area (Å²) >= 11 is 6.26. The summed E-state index contributed by atoms with van der Waals surface area (Å²) < 4.78 is 47.6. The Labute approximate surface area is 247 Å². The number of aliphatic hydroxyl groups is 1. The molecule has 2 aromatic heterocycles. The molecule has 5 rings (SSSR count). The third kappa shape index (κ3) is 8.98. The maximum atomic E-state index is 14.3. The van der Waals surface area contributed by atoms with Gasteiger partial charge in [-0.2, -0.15) is 5.10 Å². The number of hydrogen-bond donors (Lipinski definition) is 1. The number of ether oxygens (including phenoxy) is 2. The number of benzene rings is 2. The zero-order valence-electron chi connectivity index (χ0n) is 22.6. The Bertz CT molecular complexity index is 1570. The molecule has 0 radical (unpaired) electrons. The summed E-state index contributed by atoms with van der Waals surface area (Å²) in [5.41, 5.74) is 2.85. The van der Waals surface area contributed by atoms with Crippen LogP contribution in [0.3, 0.4) is 0 Å². The van der Waals surface area contributed by atoms with Crippen LogP contribution in [-0.4, -0.2) is 51.7 Å². The molecule has 41 heavy (non-hydrogen) atoms. The molecule has 0 bridgehead atoms. The maximum Gasteiger partial charge on any atom is 0.229 e. The van der Waals surface area contributed by atoms with Gasteiger partial charge in [-0.05, 0) is 61.6 Å². The lowest BCUT2D eigenvalue weighted by molar-refractivity contribution is 0.0522. The molecule has 2 aromatic carbocycles. The highest BCUT2D eigenvalue weighted by Gasteiger charge is 2.26. The van der Waals surface area contributed by atoms with Crippen LogP contribution in [0.15, 0.2) is 54.7 Å². The van der Waals surface area contributed by atoms with Gasteiger partial charge in [0, 0.05) is 28.9 Å². The van der Waals surface area contributed by atoms with Crippen LogP contribution >= 0.6 is 22.3 Å². The molecule has 4 aromatic rings. The quantitative estimate of drug-likeness (QED) is 0.238. The van der Waals surface area contributed by atoms with E-state index in [2.05, 4.69) is 26.1 Å². The molecule has 14 heteroatoms. The van der Waals surface area contributed by atoms with Crippen LogP contribution in [0.2, 0.25) is 5.15 Å². The second-order valence-electron chi connectivity index (χ2n) is 9.70. The van der Waals surface area contributed by atoms with Crippen LogP contribution in [0.4, 0.5) is 4.39 Å². The minimum absolute atomic E-state index is 0.191. The van der Waals surface area contributed by atoms with Gasteiger partial charge in [0.2, 0.25) is 9.05 Å². The summed E-state index contributed by atoms with van der Waals surface area (Å²) in [5.74, 6) is 0.975. The Hall–Kier alpha value is -3.03. The van der Waals surface area contributed by atoms with E-state index in [0.717, 1.165) is 24.1 Å². The fraction of sp³-hybridized carbons (Fsp3) is 0.370. The lowest BCUT2D eigenvalue weighted by Gasteiger charge is -2.20. The number of rotatable bonds is 10. The summed E-state index contributed by atoms with van der Waals surface area (Å²) in [5, 5.41) is 24.0. The average molecular weight is 627 g/mol. The molecule has 2 heterocycles. The Morgan fingerprint density at radius 1 is 1.17 bits per heavy atom. The number of aromatic nitrogens is 5. The fourth-order valence-electron chi connectivity index (χ4n) is 4.07. The number of halogens is 3. The predicted octanol–water partition coefficient (Wildman–Crippen LogP) is 5.22. The highest BCUT2D eigenvalue weighted by molar-refractivity contribution is 8.13. The molecule has 0 spiro atoms. The molecule has 1 aliphatic rings. The van der Waals surface area contributed by atoms with Gasteiger partial charge in [-0.25, -0.2) is 17.5 Å². The Balaban J connectivity index is 0.000000714. The first-order valence-corrected chi connectivity index (χ1v) is 15.8. The zero-order valence-corrected chi connectivity index (χ0v) is 24.9. The molecule has 1 N–H and O–H groups in total. The lowest BCUT2D eigenvalue weighted by Crippen LogP contribution is -2.13. The van der Waals surface area contributed by atoms with Crippen LogP contribution in [0.5, 0.6) is 5.75 Å². The Morgan fingerprint density at radius 2 is 1.85 bits per heavy atom. The van der Waals surface area contributed by atoms with Crippen LogP contribution < -0.4 is 4.74 Å². The fourth-order valence-corrected chi connectivity index (χ4v) is 4.26. The first kappa shape index (κ1) is 30.9.